The van der Waals surface area contributed by atoms with Gasteiger partial charge in [-0.2, -0.15) is 5.10 Å². The van der Waals surface area contributed by atoms with E-state index in [9.17, 15) is 4.79 Å². The second-order valence-electron chi connectivity index (χ2n) is 6.74. The quantitative estimate of drug-likeness (QED) is 0.517. The van der Waals surface area contributed by atoms with Crippen LogP contribution in [0.5, 0.6) is 0 Å². The van der Waals surface area contributed by atoms with Crippen LogP contribution in [-0.4, -0.2) is 42.3 Å². The lowest BCUT2D eigenvalue weighted by Crippen LogP contribution is -2.16. The molecule has 0 aliphatic carbocycles. The van der Waals surface area contributed by atoms with E-state index in [2.05, 4.69) is 58.0 Å². The third-order valence-corrected chi connectivity index (χ3v) is 4.57. The Hall–Kier alpha value is -2.57. The van der Waals surface area contributed by atoms with Gasteiger partial charge in [-0.25, -0.2) is 5.10 Å². The maximum Gasteiger partial charge on any atom is 0.272 e. The van der Waals surface area contributed by atoms with Crippen LogP contribution in [0.1, 0.15) is 12.0 Å². The second-order valence-corrected chi connectivity index (χ2v) is 7.10. The van der Waals surface area contributed by atoms with Crippen LogP contribution in [0, 0.1) is 0 Å². The predicted molar refractivity (Wildman–Crippen MR) is 113 cm³/mol. The molecule has 142 valence electrons. The molecular weight excluding hydrogens is 362 g/mol. The number of fused-ring (bicyclic) bond motifs is 1. The standard InChI is InChI=1S/C20H24ClN5O/c1-26(2)10-4-9-22-15-6-3-5-14(11-15)13-23-16-7-8-17-18(12-16)19(21)24-25-20(17)27/h3,5-8,11-12,22-23H,4,9-10,13H2,1-2H3,(H,25,27). The molecule has 0 atom stereocenters. The van der Waals surface area contributed by atoms with Crippen LogP contribution in [0.25, 0.3) is 10.8 Å². The summed E-state index contributed by atoms with van der Waals surface area (Å²) in [6.45, 7) is 2.68. The van der Waals surface area contributed by atoms with Crippen molar-refractivity contribution in [1.29, 1.82) is 0 Å². The Morgan fingerprint density at radius 1 is 1.07 bits per heavy atom. The van der Waals surface area contributed by atoms with Gasteiger partial charge in [0.05, 0.1) is 5.39 Å². The topological polar surface area (TPSA) is 73.0 Å². The van der Waals surface area contributed by atoms with E-state index in [0.717, 1.165) is 30.9 Å². The summed E-state index contributed by atoms with van der Waals surface area (Å²) in [7, 11) is 4.16. The van der Waals surface area contributed by atoms with Gasteiger partial charge in [-0.1, -0.05) is 23.7 Å². The number of H-pyrrole nitrogens is 1. The normalized spacial score (nSPS) is 11.1. The van der Waals surface area contributed by atoms with Gasteiger partial charge < -0.3 is 15.5 Å². The first-order valence-electron chi connectivity index (χ1n) is 8.92. The highest BCUT2D eigenvalue weighted by molar-refractivity contribution is 6.34. The Morgan fingerprint density at radius 3 is 2.70 bits per heavy atom. The summed E-state index contributed by atoms with van der Waals surface area (Å²) < 4.78 is 0. The van der Waals surface area contributed by atoms with E-state index in [1.54, 1.807) is 6.07 Å². The van der Waals surface area contributed by atoms with E-state index < -0.39 is 0 Å². The number of hydrogen-bond donors (Lipinski definition) is 3. The molecule has 0 unspecified atom stereocenters. The smallest absolute Gasteiger partial charge is 0.272 e. The number of benzene rings is 2. The van der Waals surface area contributed by atoms with Crippen LogP contribution in [0.2, 0.25) is 5.15 Å². The first-order chi connectivity index (χ1) is 13.0. The molecule has 0 saturated heterocycles. The Labute approximate surface area is 163 Å². The number of aromatic amines is 1. The van der Waals surface area contributed by atoms with Crippen LogP contribution >= 0.6 is 11.6 Å². The van der Waals surface area contributed by atoms with E-state index in [1.807, 2.05) is 18.2 Å². The third-order valence-electron chi connectivity index (χ3n) is 4.28. The summed E-state index contributed by atoms with van der Waals surface area (Å²) in [6.07, 6.45) is 1.10. The molecule has 0 bridgehead atoms. The van der Waals surface area contributed by atoms with Crippen molar-refractivity contribution in [1.82, 2.24) is 15.1 Å². The minimum atomic E-state index is -0.242. The Bertz CT molecular complexity index is 970. The van der Waals surface area contributed by atoms with Gasteiger partial charge >= 0.3 is 0 Å². The summed E-state index contributed by atoms with van der Waals surface area (Å²) in [5, 5.41) is 14.5. The van der Waals surface area contributed by atoms with Gasteiger partial charge in [0.15, 0.2) is 5.15 Å². The van der Waals surface area contributed by atoms with Crippen LogP contribution < -0.4 is 16.2 Å². The van der Waals surface area contributed by atoms with Crippen LogP contribution in [0.3, 0.4) is 0 Å². The third kappa shape index (κ3) is 5.21. The maximum absolute atomic E-state index is 11.8. The summed E-state index contributed by atoms with van der Waals surface area (Å²) >= 11 is 6.10. The van der Waals surface area contributed by atoms with E-state index in [0.29, 0.717) is 17.3 Å². The van der Waals surface area contributed by atoms with Crippen LogP contribution in [-0.2, 0) is 6.54 Å². The van der Waals surface area contributed by atoms with Crippen molar-refractivity contribution in [3.8, 4) is 0 Å². The van der Waals surface area contributed by atoms with Crippen molar-refractivity contribution in [2.24, 2.45) is 0 Å². The highest BCUT2D eigenvalue weighted by Crippen LogP contribution is 2.22. The first-order valence-corrected chi connectivity index (χ1v) is 9.30. The summed E-state index contributed by atoms with van der Waals surface area (Å²) in [4.78, 5) is 14.0. The zero-order valence-corrected chi connectivity index (χ0v) is 16.3. The fraction of sp³-hybridized carbons (Fsp3) is 0.300. The Balaban J connectivity index is 1.63. The highest BCUT2D eigenvalue weighted by atomic mass is 35.5. The minimum Gasteiger partial charge on any atom is -0.385 e. The molecule has 1 aromatic heterocycles. The number of rotatable bonds is 8. The van der Waals surface area contributed by atoms with Crippen LogP contribution in [0.4, 0.5) is 11.4 Å². The molecule has 3 N–H and O–H groups in total. The van der Waals surface area contributed by atoms with E-state index in [4.69, 9.17) is 11.6 Å². The molecule has 0 saturated carbocycles. The van der Waals surface area contributed by atoms with Crippen molar-refractivity contribution >= 4 is 33.7 Å². The molecule has 0 aliphatic heterocycles. The molecule has 6 nitrogen and oxygen atoms in total. The van der Waals surface area contributed by atoms with Gasteiger partial charge in [0.1, 0.15) is 0 Å². The van der Waals surface area contributed by atoms with Gasteiger partial charge in [-0.15, -0.1) is 0 Å². The molecule has 0 aliphatic rings. The molecule has 1 heterocycles. The number of aromatic nitrogens is 2. The average molecular weight is 386 g/mol. The van der Waals surface area contributed by atoms with E-state index in [-0.39, 0.29) is 10.7 Å². The Kier molecular flexibility index (Phi) is 6.32. The zero-order valence-electron chi connectivity index (χ0n) is 15.6. The van der Waals surface area contributed by atoms with Gasteiger partial charge in [0.25, 0.3) is 5.56 Å². The first kappa shape index (κ1) is 19.2. The van der Waals surface area contributed by atoms with E-state index >= 15 is 0 Å². The molecule has 3 aromatic rings. The highest BCUT2D eigenvalue weighted by Gasteiger charge is 2.06. The fourth-order valence-corrected chi connectivity index (χ4v) is 3.07. The molecular formula is C20H24ClN5O. The largest absolute Gasteiger partial charge is 0.385 e. The van der Waals surface area contributed by atoms with Gasteiger partial charge in [0, 0.05) is 29.9 Å². The van der Waals surface area contributed by atoms with Crippen molar-refractivity contribution in [3.63, 3.8) is 0 Å². The van der Waals surface area contributed by atoms with Gasteiger partial charge in [0.2, 0.25) is 0 Å². The monoisotopic (exact) mass is 385 g/mol. The van der Waals surface area contributed by atoms with Gasteiger partial charge in [-0.3, -0.25) is 4.79 Å². The van der Waals surface area contributed by atoms with E-state index in [1.165, 1.54) is 5.56 Å². The molecule has 0 radical (unpaired) electrons. The molecule has 2 aromatic carbocycles. The van der Waals surface area contributed by atoms with Gasteiger partial charge in [-0.05, 0) is 63.0 Å². The molecule has 0 amide bonds. The number of nitrogens with one attached hydrogen (secondary N) is 3. The maximum atomic E-state index is 11.8. The molecule has 27 heavy (non-hydrogen) atoms. The fourth-order valence-electron chi connectivity index (χ4n) is 2.87. The molecule has 7 heteroatoms. The molecule has 3 rings (SSSR count). The number of hydrogen-bond acceptors (Lipinski definition) is 5. The molecule has 0 spiro atoms. The lowest BCUT2D eigenvalue weighted by atomic mass is 10.1. The summed E-state index contributed by atoms with van der Waals surface area (Å²) in [5.74, 6) is 0. The second kappa shape index (κ2) is 8.88. The lowest BCUT2D eigenvalue weighted by Gasteiger charge is -2.12. The van der Waals surface area contributed by atoms with Crippen LogP contribution in [0.15, 0.2) is 47.3 Å². The number of anilines is 2. The van der Waals surface area contributed by atoms with Crippen molar-refractivity contribution in [2.45, 2.75) is 13.0 Å². The SMILES string of the molecule is CN(C)CCCNc1cccc(CNc2ccc3c(=O)[nH]nc(Cl)c3c2)c1. The number of halogens is 1. The van der Waals surface area contributed by atoms with Crippen molar-refractivity contribution in [3.05, 3.63) is 63.5 Å². The zero-order chi connectivity index (χ0) is 19.2. The van der Waals surface area contributed by atoms with Crippen molar-refractivity contribution < 1.29 is 0 Å². The Morgan fingerprint density at radius 2 is 1.89 bits per heavy atom. The lowest BCUT2D eigenvalue weighted by molar-refractivity contribution is 0.405. The summed E-state index contributed by atoms with van der Waals surface area (Å²) in [6, 6.07) is 13.8. The van der Waals surface area contributed by atoms with Crippen molar-refractivity contribution in [2.75, 3.05) is 37.8 Å². The minimum absolute atomic E-state index is 0.242. The number of nitrogens with zero attached hydrogens (tertiary/aromatic N) is 2. The summed E-state index contributed by atoms with van der Waals surface area (Å²) in [5.41, 5.74) is 2.93. The average Bonchev–Trinajstić information content (AvgIpc) is 2.67. The molecule has 0 fully saturated rings. The predicted octanol–water partition coefficient (Wildman–Crippen LogP) is 3.55.